The summed E-state index contributed by atoms with van der Waals surface area (Å²) in [6, 6.07) is 4.26. The maximum absolute atomic E-state index is 12.9. The summed E-state index contributed by atoms with van der Waals surface area (Å²) in [5, 5.41) is 1.02. The molecule has 4 heterocycles. The molecule has 2 aliphatic rings. The molecule has 8 heteroatoms. The number of aromatic nitrogens is 4. The van der Waals surface area contributed by atoms with Crippen LogP contribution in [-0.2, 0) is 4.79 Å². The number of nitrogens with zero attached hydrogens (tertiary/aromatic N) is 5. The monoisotopic (exact) mass is 416 g/mol. The largest absolute Gasteiger partial charge is 0.346 e. The van der Waals surface area contributed by atoms with Crippen LogP contribution in [0.25, 0.3) is 16.6 Å². The second-order valence-corrected chi connectivity index (χ2v) is 8.33. The maximum atomic E-state index is 12.9. The highest BCUT2D eigenvalue weighted by Crippen LogP contribution is 2.36. The van der Waals surface area contributed by atoms with Crippen molar-refractivity contribution in [3.05, 3.63) is 53.8 Å². The van der Waals surface area contributed by atoms with E-state index in [2.05, 4.69) is 32.9 Å². The first-order chi connectivity index (χ1) is 15.0. The predicted molar refractivity (Wildman–Crippen MR) is 117 cm³/mol. The summed E-state index contributed by atoms with van der Waals surface area (Å²) in [5.41, 5.74) is 4.13. The topological polar surface area (TPSA) is 95.1 Å². The molecular formula is C23H24N6O2. The highest BCUT2D eigenvalue weighted by Gasteiger charge is 2.31. The number of carbonyl (C=O) groups is 2. The van der Waals surface area contributed by atoms with Gasteiger partial charge in [0.15, 0.2) is 0 Å². The first-order valence-electron chi connectivity index (χ1n) is 10.5. The van der Waals surface area contributed by atoms with Crippen LogP contribution >= 0.6 is 0 Å². The van der Waals surface area contributed by atoms with Gasteiger partial charge in [-0.1, -0.05) is 13.0 Å². The van der Waals surface area contributed by atoms with Crippen molar-refractivity contribution in [3.63, 3.8) is 0 Å². The van der Waals surface area contributed by atoms with E-state index < -0.39 is 0 Å². The van der Waals surface area contributed by atoms with Gasteiger partial charge in [-0.2, -0.15) is 0 Å². The first-order valence-corrected chi connectivity index (χ1v) is 10.5. The van der Waals surface area contributed by atoms with Crippen LogP contribution in [0, 0.1) is 12.8 Å². The Morgan fingerprint density at radius 2 is 2.13 bits per heavy atom. The third kappa shape index (κ3) is 3.58. The number of H-pyrrole nitrogens is 1. The number of fused-ring (bicyclic) bond motifs is 1. The van der Waals surface area contributed by atoms with Crippen molar-refractivity contribution in [3.8, 4) is 0 Å². The number of pyridine rings is 1. The normalized spacial score (nSPS) is 18.7. The van der Waals surface area contributed by atoms with Gasteiger partial charge in [0.25, 0.3) is 5.91 Å². The Morgan fingerprint density at radius 1 is 1.29 bits per heavy atom. The molecule has 158 valence electrons. The van der Waals surface area contributed by atoms with Gasteiger partial charge < -0.3 is 9.88 Å². The SMILES string of the molecule is Cc1cnc(C(=O)N2CC=C(c3cc(N(C=O)C4CC4)nc4[nH]ccc34)C(C)C2)cn1. The minimum absolute atomic E-state index is 0.113. The minimum atomic E-state index is -0.113. The van der Waals surface area contributed by atoms with Gasteiger partial charge in [0.2, 0.25) is 6.41 Å². The molecule has 0 spiro atoms. The average molecular weight is 416 g/mol. The lowest BCUT2D eigenvalue weighted by Gasteiger charge is -2.31. The lowest BCUT2D eigenvalue weighted by Crippen LogP contribution is -2.38. The number of amides is 2. The van der Waals surface area contributed by atoms with E-state index in [1.54, 1.807) is 16.0 Å². The lowest BCUT2D eigenvalue weighted by atomic mass is 9.89. The van der Waals surface area contributed by atoms with Gasteiger partial charge in [0.05, 0.1) is 11.9 Å². The Balaban J connectivity index is 1.47. The van der Waals surface area contributed by atoms with Crippen LogP contribution in [0.1, 0.15) is 41.5 Å². The van der Waals surface area contributed by atoms with Crippen molar-refractivity contribution < 1.29 is 9.59 Å². The first kappa shape index (κ1) is 19.4. The zero-order valence-corrected chi connectivity index (χ0v) is 17.6. The summed E-state index contributed by atoms with van der Waals surface area (Å²) in [6.07, 6.45) is 10.0. The number of aryl methyl sites for hydroxylation is 1. The van der Waals surface area contributed by atoms with Crippen LogP contribution in [0.2, 0.25) is 0 Å². The van der Waals surface area contributed by atoms with Gasteiger partial charge in [-0.25, -0.2) is 9.97 Å². The molecule has 31 heavy (non-hydrogen) atoms. The van der Waals surface area contributed by atoms with E-state index in [0.717, 1.165) is 47.1 Å². The molecule has 0 bridgehead atoms. The van der Waals surface area contributed by atoms with Gasteiger partial charge >= 0.3 is 0 Å². The van der Waals surface area contributed by atoms with E-state index in [1.165, 1.54) is 6.20 Å². The molecular weight excluding hydrogens is 392 g/mol. The molecule has 1 aliphatic carbocycles. The van der Waals surface area contributed by atoms with Gasteiger partial charge in [-0.15, -0.1) is 0 Å². The quantitative estimate of drug-likeness (QED) is 0.645. The molecule has 3 aromatic heterocycles. The number of nitrogens with one attached hydrogen (secondary N) is 1. The fourth-order valence-corrected chi connectivity index (χ4v) is 4.19. The van der Waals surface area contributed by atoms with Crippen molar-refractivity contribution >= 4 is 34.7 Å². The van der Waals surface area contributed by atoms with Crippen molar-refractivity contribution in [2.24, 2.45) is 5.92 Å². The van der Waals surface area contributed by atoms with Crippen LogP contribution in [0.15, 0.2) is 36.8 Å². The molecule has 1 saturated carbocycles. The second-order valence-electron chi connectivity index (χ2n) is 8.33. The number of anilines is 1. The Kier molecular flexibility index (Phi) is 4.77. The zero-order valence-electron chi connectivity index (χ0n) is 17.6. The Labute approximate surface area is 180 Å². The average Bonchev–Trinajstić information content (AvgIpc) is 3.49. The number of aromatic amines is 1. The molecule has 8 nitrogen and oxygen atoms in total. The van der Waals surface area contributed by atoms with Crippen LogP contribution in [0.5, 0.6) is 0 Å². The van der Waals surface area contributed by atoms with E-state index in [0.29, 0.717) is 24.6 Å². The molecule has 0 saturated heterocycles. The predicted octanol–water partition coefficient (Wildman–Crippen LogP) is 2.96. The Bertz CT molecular complexity index is 1180. The summed E-state index contributed by atoms with van der Waals surface area (Å²) < 4.78 is 0. The highest BCUT2D eigenvalue weighted by atomic mass is 16.2. The molecule has 0 radical (unpaired) electrons. The van der Waals surface area contributed by atoms with Crippen LogP contribution < -0.4 is 4.90 Å². The lowest BCUT2D eigenvalue weighted by molar-refractivity contribution is -0.107. The second kappa shape index (κ2) is 7.61. The van der Waals surface area contributed by atoms with Crippen molar-refractivity contribution in [1.29, 1.82) is 0 Å². The van der Waals surface area contributed by atoms with Crippen molar-refractivity contribution in [2.75, 3.05) is 18.0 Å². The van der Waals surface area contributed by atoms with E-state index in [-0.39, 0.29) is 17.9 Å². The Hall–Kier alpha value is -3.55. The summed E-state index contributed by atoms with van der Waals surface area (Å²) in [5.74, 6) is 0.678. The molecule has 3 aromatic rings. The molecule has 1 unspecified atom stereocenters. The van der Waals surface area contributed by atoms with E-state index in [9.17, 15) is 9.59 Å². The highest BCUT2D eigenvalue weighted by molar-refractivity contribution is 5.96. The number of hydrogen-bond acceptors (Lipinski definition) is 5. The summed E-state index contributed by atoms with van der Waals surface area (Å²) >= 11 is 0. The number of rotatable bonds is 5. The van der Waals surface area contributed by atoms with Gasteiger partial charge in [-0.05, 0) is 49.0 Å². The third-order valence-electron chi connectivity index (χ3n) is 5.99. The molecule has 5 rings (SSSR count). The fraction of sp³-hybridized carbons (Fsp3) is 0.348. The summed E-state index contributed by atoms with van der Waals surface area (Å²) in [7, 11) is 0. The molecule has 0 aromatic carbocycles. The smallest absolute Gasteiger partial charge is 0.274 e. The zero-order chi connectivity index (χ0) is 21.5. The van der Waals surface area contributed by atoms with E-state index in [4.69, 9.17) is 0 Å². The van der Waals surface area contributed by atoms with Crippen LogP contribution in [-0.4, -0.2) is 56.3 Å². The summed E-state index contributed by atoms with van der Waals surface area (Å²) in [4.78, 5) is 44.4. The number of carbonyl (C=O) groups excluding carboxylic acids is 2. The molecule has 1 N–H and O–H groups in total. The molecule has 1 aliphatic heterocycles. The van der Waals surface area contributed by atoms with Gasteiger partial charge in [0.1, 0.15) is 17.2 Å². The van der Waals surface area contributed by atoms with E-state index >= 15 is 0 Å². The minimum Gasteiger partial charge on any atom is -0.346 e. The van der Waals surface area contributed by atoms with Crippen molar-refractivity contribution in [1.82, 2.24) is 24.8 Å². The van der Waals surface area contributed by atoms with Crippen molar-refractivity contribution in [2.45, 2.75) is 32.7 Å². The Morgan fingerprint density at radius 3 is 2.81 bits per heavy atom. The fourth-order valence-electron chi connectivity index (χ4n) is 4.19. The molecule has 1 atom stereocenters. The maximum Gasteiger partial charge on any atom is 0.274 e. The van der Waals surface area contributed by atoms with Crippen LogP contribution in [0.3, 0.4) is 0 Å². The summed E-state index contributed by atoms with van der Waals surface area (Å²) in [6.45, 7) is 5.05. The van der Waals surface area contributed by atoms with Gasteiger partial charge in [0, 0.05) is 36.9 Å². The van der Waals surface area contributed by atoms with Crippen LogP contribution in [0.4, 0.5) is 5.82 Å². The molecule has 2 amide bonds. The number of hydrogen-bond donors (Lipinski definition) is 1. The molecule has 1 fully saturated rings. The third-order valence-corrected chi connectivity index (χ3v) is 5.99. The standard InChI is InChI=1S/C23H24N6O2/c1-14-12-28(23(31)20-11-25-15(2)10-26-20)8-6-17(14)19-9-21(29(13-30)16-3-4-16)27-22-18(19)5-7-24-22/h5-7,9-11,13-14,16H,3-4,8,12H2,1-2H3,(H,24,27). The van der Waals surface area contributed by atoms with Gasteiger partial charge in [-0.3, -0.25) is 19.5 Å². The van der Waals surface area contributed by atoms with E-state index in [1.807, 2.05) is 25.3 Å².